The number of rotatable bonds is 2. The molecule has 0 N–H and O–H groups in total. The van der Waals surface area contributed by atoms with Crippen molar-refractivity contribution in [2.24, 2.45) is 16.7 Å². The summed E-state index contributed by atoms with van der Waals surface area (Å²) in [4.78, 5) is 35.5. The molecule has 1 unspecified atom stereocenters. The second kappa shape index (κ2) is 6.93. The molecule has 140 valence electrons. The molecule has 2 aliphatic carbocycles. The fourth-order valence-corrected chi connectivity index (χ4v) is 3.97. The highest BCUT2D eigenvalue weighted by Gasteiger charge is 2.60. The Labute approximate surface area is 150 Å². The van der Waals surface area contributed by atoms with Gasteiger partial charge < -0.3 is 9.47 Å². The Morgan fingerprint density at radius 2 is 1.68 bits per heavy atom. The summed E-state index contributed by atoms with van der Waals surface area (Å²) in [7, 11) is 0. The normalized spacial score (nSPS) is 37.0. The van der Waals surface area contributed by atoms with Crippen LogP contribution in [0.3, 0.4) is 0 Å². The summed E-state index contributed by atoms with van der Waals surface area (Å²) in [6, 6.07) is 0. The maximum absolute atomic E-state index is 12.3. The van der Waals surface area contributed by atoms with Crippen LogP contribution >= 0.6 is 0 Å². The lowest BCUT2D eigenvalue weighted by molar-refractivity contribution is -0.165. The Morgan fingerprint density at radius 3 is 2.24 bits per heavy atom. The van der Waals surface area contributed by atoms with Gasteiger partial charge >= 0.3 is 11.9 Å². The summed E-state index contributed by atoms with van der Waals surface area (Å²) in [5.74, 6) is -0.318. The summed E-state index contributed by atoms with van der Waals surface area (Å²) in [5, 5.41) is 0. The maximum atomic E-state index is 12.3. The fourth-order valence-electron chi connectivity index (χ4n) is 3.97. The van der Waals surface area contributed by atoms with Crippen molar-refractivity contribution in [3.63, 3.8) is 0 Å². The number of esters is 2. The van der Waals surface area contributed by atoms with Crippen molar-refractivity contribution in [3.8, 4) is 0 Å². The summed E-state index contributed by atoms with van der Waals surface area (Å²) in [6.45, 7) is 10.7. The third kappa shape index (κ3) is 4.13. The molecule has 0 amide bonds. The topological polar surface area (TPSA) is 69.7 Å². The molecule has 0 aromatic carbocycles. The average molecular weight is 350 g/mol. The van der Waals surface area contributed by atoms with Crippen LogP contribution in [0.25, 0.3) is 0 Å². The first-order valence-electron chi connectivity index (χ1n) is 9.04. The van der Waals surface area contributed by atoms with Crippen molar-refractivity contribution in [3.05, 3.63) is 11.6 Å². The molecule has 0 radical (unpaired) electrons. The van der Waals surface area contributed by atoms with Crippen LogP contribution in [0.15, 0.2) is 11.6 Å². The molecule has 2 aliphatic rings. The maximum Gasteiger partial charge on any atom is 0.303 e. The van der Waals surface area contributed by atoms with Gasteiger partial charge in [0.05, 0.1) is 0 Å². The van der Waals surface area contributed by atoms with E-state index in [0.717, 1.165) is 18.4 Å². The van der Waals surface area contributed by atoms with Crippen LogP contribution in [0, 0.1) is 16.7 Å². The number of ketones is 1. The average Bonchev–Trinajstić information content (AvgIpc) is 3.00. The van der Waals surface area contributed by atoms with Gasteiger partial charge in [-0.25, -0.2) is 0 Å². The number of Topliss-reactive ketones (excluding diaryl/α,β-unsaturated/α-hetero) is 1. The molecule has 0 heterocycles. The number of carbonyl (C=O) groups is 3. The van der Waals surface area contributed by atoms with Crippen molar-refractivity contribution < 1.29 is 23.9 Å². The molecular formula is C20H30O5. The van der Waals surface area contributed by atoms with Crippen LogP contribution in [0.2, 0.25) is 0 Å². The molecule has 0 aromatic heterocycles. The number of hydrogen-bond acceptors (Lipinski definition) is 5. The first-order valence-corrected chi connectivity index (χ1v) is 9.04. The van der Waals surface area contributed by atoms with E-state index in [-0.39, 0.29) is 23.3 Å². The predicted molar refractivity (Wildman–Crippen MR) is 93.7 cm³/mol. The van der Waals surface area contributed by atoms with Gasteiger partial charge in [0.2, 0.25) is 0 Å². The van der Waals surface area contributed by atoms with Gasteiger partial charge in [-0.3, -0.25) is 14.4 Å². The monoisotopic (exact) mass is 350 g/mol. The van der Waals surface area contributed by atoms with E-state index in [1.165, 1.54) is 13.8 Å². The van der Waals surface area contributed by atoms with Gasteiger partial charge in [-0.2, -0.15) is 0 Å². The molecule has 0 aromatic rings. The molecule has 1 fully saturated rings. The van der Waals surface area contributed by atoms with Crippen LogP contribution < -0.4 is 0 Å². The van der Waals surface area contributed by atoms with Gasteiger partial charge in [0, 0.05) is 30.6 Å². The van der Waals surface area contributed by atoms with E-state index in [9.17, 15) is 14.4 Å². The van der Waals surface area contributed by atoms with E-state index >= 15 is 0 Å². The zero-order chi connectivity index (χ0) is 19.0. The minimum absolute atomic E-state index is 0.0854. The first-order chi connectivity index (χ1) is 11.5. The SMILES string of the molecule is CC(=O)OC1/C=C(/C)CC[C@H]2C(=O)[C@]2(C)CC[C@H](OC(C)=O)C1(C)C. The van der Waals surface area contributed by atoms with Crippen LogP contribution in [0.5, 0.6) is 0 Å². The molecular weight excluding hydrogens is 320 g/mol. The number of ether oxygens (including phenoxy) is 2. The molecule has 0 saturated heterocycles. The predicted octanol–water partition coefficient (Wildman–Crippen LogP) is 3.60. The lowest BCUT2D eigenvalue weighted by Crippen LogP contribution is -2.44. The molecule has 1 saturated carbocycles. The smallest absolute Gasteiger partial charge is 0.303 e. The van der Waals surface area contributed by atoms with Crippen molar-refractivity contribution in [1.82, 2.24) is 0 Å². The van der Waals surface area contributed by atoms with E-state index < -0.39 is 17.6 Å². The number of fused-ring (bicyclic) bond motifs is 1. The standard InChI is InChI=1S/C20H30O5/c1-12-7-8-15-18(23)20(15,6)10-9-16(24-13(2)21)19(4,5)17(11-12)25-14(3)22/h11,15-17H,7-10H2,1-6H3/b12-11-/t15-,16-,17?,20+/m0/s1. The van der Waals surface area contributed by atoms with E-state index in [0.29, 0.717) is 18.6 Å². The minimum Gasteiger partial charge on any atom is -0.462 e. The van der Waals surface area contributed by atoms with Gasteiger partial charge in [0.1, 0.15) is 18.0 Å². The van der Waals surface area contributed by atoms with Crippen LogP contribution in [-0.4, -0.2) is 29.9 Å². The number of allylic oxidation sites excluding steroid dienone is 1. The number of hydrogen-bond donors (Lipinski definition) is 0. The van der Waals surface area contributed by atoms with Crippen molar-refractivity contribution >= 4 is 17.7 Å². The highest BCUT2D eigenvalue weighted by Crippen LogP contribution is 2.55. The third-order valence-corrected chi connectivity index (χ3v) is 5.92. The largest absolute Gasteiger partial charge is 0.462 e. The van der Waals surface area contributed by atoms with Crippen LogP contribution in [0.4, 0.5) is 0 Å². The molecule has 0 spiro atoms. The number of carbonyl (C=O) groups excluding carboxylic acids is 3. The van der Waals surface area contributed by atoms with Crippen molar-refractivity contribution in [2.45, 2.75) is 79.4 Å². The van der Waals surface area contributed by atoms with Gasteiger partial charge in [0.15, 0.2) is 0 Å². The molecule has 0 aliphatic heterocycles. The van der Waals surface area contributed by atoms with Gasteiger partial charge in [-0.15, -0.1) is 0 Å². The molecule has 25 heavy (non-hydrogen) atoms. The zero-order valence-electron chi connectivity index (χ0n) is 16.2. The molecule has 4 atom stereocenters. The quantitative estimate of drug-likeness (QED) is 0.562. The van der Waals surface area contributed by atoms with E-state index in [4.69, 9.17) is 9.47 Å². The summed E-state index contributed by atoms with van der Waals surface area (Å²) < 4.78 is 11.2. The van der Waals surface area contributed by atoms with E-state index in [1.54, 1.807) is 0 Å². The van der Waals surface area contributed by atoms with Crippen LogP contribution in [-0.2, 0) is 23.9 Å². The Morgan fingerprint density at radius 1 is 1.08 bits per heavy atom. The Kier molecular flexibility index (Phi) is 5.45. The summed E-state index contributed by atoms with van der Waals surface area (Å²) in [6.07, 6.45) is 3.93. The highest BCUT2D eigenvalue weighted by atomic mass is 16.6. The van der Waals surface area contributed by atoms with Gasteiger partial charge in [0.25, 0.3) is 0 Å². The fraction of sp³-hybridized carbons (Fsp3) is 0.750. The first kappa shape index (κ1) is 19.7. The van der Waals surface area contributed by atoms with Crippen molar-refractivity contribution in [2.75, 3.05) is 0 Å². The van der Waals surface area contributed by atoms with E-state index in [1.807, 2.05) is 33.8 Å². The molecule has 5 heteroatoms. The van der Waals surface area contributed by atoms with Crippen molar-refractivity contribution in [1.29, 1.82) is 0 Å². The lowest BCUT2D eigenvalue weighted by atomic mass is 9.77. The Bertz CT molecular complexity index is 603. The molecule has 2 rings (SSSR count). The minimum atomic E-state index is -0.591. The third-order valence-electron chi connectivity index (χ3n) is 5.92. The second-order valence-corrected chi connectivity index (χ2v) is 8.37. The van der Waals surface area contributed by atoms with Gasteiger partial charge in [-0.05, 0) is 38.7 Å². The van der Waals surface area contributed by atoms with E-state index in [2.05, 4.69) is 0 Å². The highest BCUT2D eigenvalue weighted by molar-refractivity contribution is 6.03. The summed E-state index contributed by atoms with van der Waals surface area (Å²) in [5.41, 5.74) is 0.188. The van der Waals surface area contributed by atoms with Crippen LogP contribution in [0.1, 0.15) is 67.2 Å². The lowest BCUT2D eigenvalue weighted by Gasteiger charge is -2.38. The Balaban J connectivity index is 2.38. The molecule has 5 nitrogen and oxygen atoms in total. The Hall–Kier alpha value is -1.65. The second-order valence-electron chi connectivity index (χ2n) is 8.37. The zero-order valence-corrected chi connectivity index (χ0v) is 16.2. The molecule has 0 bridgehead atoms. The summed E-state index contributed by atoms with van der Waals surface area (Å²) >= 11 is 0. The van der Waals surface area contributed by atoms with Gasteiger partial charge in [-0.1, -0.05) is 26.3 Å².